The molecule has 3 aromatic rings. The predicted octanol–water partition coefficient (Wildman–Crippen LogP) is 7.72. The summed E-state index contributed by atoms with van der Waals surface area (Å²) >= 11 is 0. The van der Waals surface area contributed by atoms with Crippen molar-refractivity contribution in [2.45, 2.75) is 119 Å². The molecule has 2 aromatic carbocycles. The molecule has 4 unspecified atom stereocenters. The minimum Gasteiger partial charge on any atom is -0.472 e. The number of hydrogen-bond acceptors (Lipinski definition) is 10. The predicted molar refractivity (Wildman–Crippen MR) is 203 cm³/mol. The highest BCUT2D eigenvalue weighted by Gasteiger charge is 2.67. The van der Waals surface area contributed by atoms with Crippen LogP contribution >= 0.6 is 0 Å². The lowest BCUT2D eigenvalue weighted by molar-refractivity contribution is -0.207. The van der Waals surface area contributed by atoms with E-state index in [9.17, 15) is 21.9 Å². The largest absolute Gasteiger partial charge is 0.472 e. The zero-order valence-electron chi connectivity index (χ0n) is 31.9. The Hall–Kier alpha value is -2.58. The van der Waals surface area contributed by atoms with Gasteiger partial charge in [-0.25, -0.2) is 0 Å². The van der Waals surface area contributed by atoms with Gasteiger partial charge >= 0.3 is 0 Å². The second-order valence-corrected chi connectivity index (χ2v) is 20.1. The molecule has 0 radical (unpaired) electrons. The van der Waals surface area contributed by atoms with Crippen molar-refractivity contribution in [1.29, 1.82) is 0 Å². The third-order valence-corrected chi connectivity index (χ3v) is 16.6. The molecule has 1 aromatic heterocycles. The van der Waals surface area contributed by atoms with Crippen LogP contribution in [-0.4, -0.2) is 66.2 Å². The molecule has 4 fully saturated rings. The Morgan fingerprint density at radius 3 is 2.13 bits per heavy atom. The third kappa shape index (κ3) is 7.61. The Bertz CT molecular complexity index is 1950. The number of aliphatic hydroxyl groups is 1. The molecule has 0 aliphatic heterocycles. The fraction of sp³-hybridized carbons (Fsp3) is 0.619. The summed E-state index contributed by atoms with van der Waals surface area (Å²) in [6.07, 6.45) is 11.6. The SMILES string of the molecule is Cc1ccc(S(=O)(=O)OCC(COCCOC2CC[C@@]3(C)C(CC[C@@H]4[C@H]3CC[C@]3(C)C(c5ccoc5)CC[C@@]43O)C2)OS(=O)(=O)c2ccc(C)cc2)cc1. The normalized spacial score (nSPS) is 33.1. The second-order valence-electron chi connectivity index (χ2n) is 16.9. The van der Waals surface area contributed by atoms with Crippen LogP contribution in [0.15, 0.2) is 81.3 Å². The van der Waals surface area contributed by atoms with Gasteiger partial charge < -0.3 is 19.0 Å². The zero-order chi connectivity index (χ0) is 38.4. The summed E-state index contributed by atoms with van der Waals surface area (Å²) in [5.41, 5.74) is 2.37. The van der Waals surface area contributed by atoms with Crippen LogP contribution in [0.4, 0.5) is 0 Å². The van der Waals surface area contributed by atoms with E-state index in [1.807, 2.05) is 20.1 Å². The van der Waals surface area contributed by atoms with Crippen LogP contribution < -0.4 is 0 Å². The number of rotatable bonds is 14. The quantitative estimate of drug-likeness (QED) is 0.128. The molecule has 0 bridgehead atoms. The highest BCUT2D eigenvalue weighted by molar-refractivity contribution is 7.87. The molecule has 7 rings (SSSR count). The molecular weight excluding hydrogens is 729 g/mol. The average molecular weight is 785 g/mol. The van der Waals surface area contributed by atoms with E-state index < -0.39 is 38.5 Å². The Labute approximate surface area is 321 Å². The van der Waals surface area contributed by atoms with Crippen molar-refractivity contribution in [1.82, 2.24) is 0 Å². The van der Waals surface area contributed by atoms with Gasteiger partial charge in [0.05, 0.1) is 60.4 Å². The van der Waals surface area contributed by atoms with Crippen molar-refractivity contribution in [2.24, 2.45) is 28.6 Å². The minimum absolute atomic E-state index is 0.0324. The summed E-state index contributed by atoms with van der Waals surface area (Å²) in [6, 6.07) is 14.5. The summed E-state index contributed by atoms with van der Waals surface area (Å²) in [5, 5.41) is 12.5. The van der Waals surface area contributed by atoms with Gasteiger partial charge in [0.1, 0.15) is 6.10 Å². The molecule has 4 aliphatic carbocycles. The maximum absolute atomic E-state index is 13.1. The van der Waals surface area contributed by atoms with Crippen LogP contribution in [0.5, 0.6) is 0 Å². The fourth-order valence-corrected chi connectivity index (χ4v) is 12.8. The average Bonchev–Trinajstić information content (AvgIpc) is 3.76. The van der Waals surface area contributed by atoms with Crippen molar-refractivity contribution in [3.63, 3.8) is 0 Å². The number of fused-ring (bicyclic) bond motifs is 5. The highest BCUT2D eigenvalue weighted by atomic mass is 32.2. The van der Waals surface area contributed by atoms with Gasteiger partial charge in [-0.1, -0.05) is 49.2 Å². The van der Waals surface area contributed by atoms with Crippen molar-refractivity contribution >= 4 is 20.2 Å². The number of aryl methyl sites for hydroxylation is 2. The van der Waals surface area contributed by atoms with Crippen molar-refractivity contribution in [3.8, 4) is 0 Å². The number of ether oxygens (including phenoxy) is 2. The molecule has 0 amide bonds. The van der Waals surface area contributed by atoms with Crippen molar-refractivity contribution < 1.29 is 44.2 Å². The maximum Gasteiger partial charge on any atom is 0.297 e. The molecule has 4 saturated carbocycles. The Morgan fingerprint density at radius 2 is 1.46 bits per heavy atom. The van der Waals surface area contributed by atoms with Crippen molar-refractivity contribution in [3.05, 3.63) is 83.8 Å². The van der Waals surface area contributed by atoms with Gasteiger partial charge in [0, 0.05) is 5.41 Å². The Morgan fingerprint density at radius 1 is 0.778 bits per heavy atom. The number of hydrogen-bond donors (Lipinski definition) is 1. The Kier molecular flexibility index (Phi) is 11.3. The van der Waals surface area contributed by atoms with E-state index in [4.69, 9.17) is 22.3 Å². The molecule has 1 N–H and O–H groups in total. The van der Waals surface area contributed by atoms with E-state index in [2.05, 4.69) is 19.9 Å². The van der Waals surface area contributed by atoms with E-state index in [1.165, 1.54) is 29.8 Å². The third-order valence-electron chi connectivity index (χ3n) is 13.9. The standard InChI is InChI=1S/C42H56O10S2/c1-29-5-10-35(11-6-29)53(44,45)51-28-34(52-54(46,47)36-12-7-30(2)8-13-36)27-49-23-24-50-33-15-19-40(3)32(25-33)9-14-39-38(40)16-20-41(4)37(17-21-42(39,41)43)31-18-22-48-26-31/h5-8,10-13,18,22,26,32-34,37-39,43H,9,14-17,19-21,23-25,27-28H2,1-4H3/t32?,33?,34?,37?,38-,39-,40+,41-,42-/m1/s1. The van der Waals surface area contributed by atoms with Gasteiger partial charge in [-0.15, -0.1) is 0 Å². The lowest BCUT2D eigenvalue weighted by Crippen LogP contribution is -2.62. The number of benzene rings is 2. The van der Waals surface area contributed by atoms with Crippen molar-refractivity contribution in [2.75, 3.05) is 26.4 Å². The van der Waals surface area contributed by atoms with Gasteiger partial charge in [0.15, 0.2) is 0 Å². The van der Waals surface area contributed by atoms with E-state index >= 15 is 0 Å². The van der Waals surface area contributed by atoms with E-state index in [1.54, 1.807) is 30.5 Å². The topological polar surface area (TPSA) is 139 Å². The van der Waals surface area contributed by atoms with Crippen LogP contribution in [0.1, 0.15) is 94.2 Å². The lowest BCUT2D eigenvalue weighted by Gasteiger charge is -2.63. The first kappa shape index (κ1) is 39.6. The summed E-state index contributed by atoms with van der Waals surface area (Å²) in [4.78, 5) is -0.0747. The molecule has 4 aliphatic rings. The molecule has 54 heavy (non-hydrogen) atoms. The molecule has 10 nitrogen and oxygen atoms in total. The summed E-state index contributed by atoms with van der Waals surface area (Å²) < 4.78 is 80.5. The molecule has 0 spiro atoms. The van der Waals surface area contributed by atoms with E-state index in [0.29, 0.717) is 30.3 Å². The zero-order valence-corrected chi connectivity index (χ0v) is 33.6. The molecular formula is C42H56O10S2. The van der Waals surface area contributed by atoms with Crippen LogP contribution in [0.2, 0.25) is 0 Å². The molecule has 0 saturated heterocycles. The van der Waals surface area contributed by atoms with Gasteiger partial charge in [0.25, 0.3) is 20.2 Å². The van der Waals surface area contributed by atoms with E-state index in [0.717, 1.165) is 68.9 Å². The van der Waals surface area contributed by atoms with E-state index in [-0.39, 0.29) is 39.9 Å². The lowest BCUT2D eigenvalue weighted by atomic mass is 9.43. The van der Waals surface area contributed by atoms with Gasteiger partial charge in [0.2, 0.25) is 0 Å². The molecule has 9 atom stereocenters. The fourth-order valence-electron chi connectivity index (χ4n) is 10.8. The van der Waals surface area contributed by atoms with Crippen LogP contribution in [-0.2, 0) is 38.1 Å². The molecule has 296 valence electrons. The monoisotopic (exact) mass is 784 g/mol. The summed E-state index contributed by atoms with van der Waals surface area (Å²) in [6.45, 7) is 8.22. The molecule has 1 heterocycles. The summed E-state index contributed by atoms with van der Waals surface area (Å²) in [5.74, 6) is 1.65. The minimum atomic E-state index is -4.23. The van der Waals surface area contributed by atoms with Crippen LogP contribution in [0, 0.1) is 42.4 Å². The maximum atomic E-state index is 13.1. The van der Waals surface area contributed by atoms with Gasteiger partial charge in [-0.3, -0.25) is 8.37 Å². The van der Waals surface area contributed by atoms with Crippen LogP contribution in [0.3, 0.4) is 0 Å². The summed E-state index contributed by atoms with van der Waals surface area (Å²) in [7, 11) is -8.40. The first-order valence-corrected chi connectivity index (χ1v) is 22.4. The van der Waals surface area contributed by atoms with Gasteiger partial charge in [-0.2, -0.15) is 16.8 Å². The highest BCUT2D eigenvalue weighted by Crippen LogP contribution is 2.70. The first-order valence-electron chi connectivity index (χ1n) is 19.5. The number of furan rings is 1. The molecule has 12 heteroatoms. The van der Waals surface area contributed by atoms with Crippen LogP contribution in [0.25, 0.3) is 0 Å². The Balaban J connectivity index is 0.925. The first-order chi connectivity index (χ1) is 25.6. The second kappa shape index (κ2) is 15.4. The van der Waals surface area contributed by atoms with Gasteiger partial charge in [-0.05, 0) is 137 Å². The smallest absolute Gasteiger partial charge is 0.297 e.